The number of anilines is 1. The molecule has 2 atom stereocenters. The molecule has 26 heavy (non-hydrogen) atoms. The quantitative estimate of drug-likeness (QED) is 0.714. The van der Waals surface area contributed by atoms with E-state index in [-0.39, 0.29) is 5.91 Å². The van der Waals surface area contributed by atoms with Crippen molar-refractivity contribution in [1.82, 2.24) is 9.80 Å². The van der Waals surface area contributed by atoms with Gasteiger partial charge >= 0.3 is 0 Å². The van der Waals surface area contributed by atoms with Crippen LogP contribution >= 0.6 is 15.9 Å². The average Bonchev–Trinajstić information content (AvgIpc) is 2.61. The minimum atomic E-state index is 0.169. The third kappa shape index (κ3) is 2.33. The maximum absolute atomic E-state index is 13.4. The number of halogens is 1. The van der Waals surface area contributed by atoms with Gasteiger partial charge in [0.2, 0.25) is 0 Å². The number of amides is 1. The van der Waals surface area contributed by atoms with Gasteiger partial charge in [0.25, 0.3) is 5.91 Å². The summed E-state index contributed by atoms with van der Waals surface area (Å²) in [6.45, 7) is 0.706. The molecule has 3 aliphatic heterocycles. The number of rotatable bonds is 1. The van der Waals surface area contributed by atoms with E-state index >= 15 is 0 Å². The van der Waals surface area contributed by atoms with Crippen LogP contribution in [0.15, 0.2) is 28.7 Å². The average molecular weight is 414 g/mol. The lowest BCUT2D eigenvalue weighted by atomic mass is 9.80. The zero-order valence-corrected chi connectivity index (χ0v) is 16.6. The fourth-order valence-corrected chi connectivity index (χ4v) is 5.84. The second-order valence-corrected chi connectivity index (χ2v) is 8.98. The van der Waals surface area contributed by atoms with Crippen molar-refractivity contribution in [2.45, 2.75) is 56.8 Å². The number of nitrogens with two attached hydrogens (primary N) is 1. The van der Waals surface area contributed by atoms with Crippen molar-refractivity contribution in [1.29, 1.82) is 0 Å². The Balaban J connectivity index is 1.56. The summed E-state index contributed by atoms with van der Waals surface area (Å²) < 4.78 is 0.813. The minimum absolute atomic E-state index is 0.169. The van der Waals surface area contributed by atoms with Gasteiger partial charge < -0.3 is 15.5 Å². The van der Waals surface area contributed by atoms with Gasteiger partial charge in [-0.1, -0.05) is 24.6 Å². The molecule has 136 valence electrons. The second-order valence-electron chi connectivity index (χ2n) is 8.12. The van der Waals surface area contributed by atoms with Crippen LogP contribution in [0.2, 0.25) is 0 Å². The number of hydrogen-bond acceptors (Lipinski definition) is 3. The van der Waals surface area contributed by atoms with Gasteiger partial charge in [-0.3, -0.25) is 4.79 Å². The first-order chi connectivity index (χ1) is 12.5. The van der Waals surface area contributed by atoms with Gasteiger partial charge in [-0.25, -0.2) is 0 Å². The molecule has 0 aromatic heterocycles. The van der Waals surface area contributed by atoms with E-state index in [1.807, 2.05) is 12.1 Å². The van der Waals surface area contributed by atoms with Crippen molar-refractivity contribution in [2.24, 2.45) is 0 Å². The molecule has 4 nitrogen and oxygen atoms in total. The van der Waals surface area contributed by atoms with Gasteiger partial charge in [-0.2, -0.15) is 0 Å². The van der Waals surface area contributed by atoms with Crippen molar-refractivity contribution >= 4 is 38.3 Å². The Labute approximate surface area is 162 Å². The third-order valence-electron chi connectivity index (χ3n) is 6.83. The number of carbonyl (C=O) groups is 1. The molecule has 1 amide bonds. The van der Waals surface area contributed by atoms with E-state index in [9.17, 15) is 4.79 Å². The van der Waals surface area contributed by atoms with Crippen LogP contribution in [-0.2, 0) is 6.54 Å². The number of fused-ring (bicyclic) bond motifs is 2. The zero-order chi connectivity index (χ0) is 18.0. The number of benzene rings is 2. The highest BCUT2D eigenvalue weighted by Crippen LogP contribution is 2.41. The monoisotopic (exact) mass is 413 g/mol. The van der Waals surface area contributed by atoms with E-state index in [1.165, 1.54) is 24.8 Å². The van der Waals surface area contributed by atoms with Crippen LogP contribution < -0.4 is 5.73 Å². The van der Waals surface area contributed by atoms with Crippen LogP contribution in [0.4, 0.5) is 5.69 Å². The van der Waals surface area contributed by atoms with E-state index in [0.29, 0.717) is 24.7 Å². The van der Waals surface area contributed by atoms with Crippen molar-refractivity contribution in [2.75, 3.05) is 12.8 Å². The number of nitrogens with zero attached hydrogens (tertiary/aromatic N) is 2. The van der Waals surface area contributed by atoms with Gasteiger partial charge in [-0.05, 0) is 60.3 Å². The Morgan fingerprint density at radius 2 is 1.88 bits per heavy atom. The summed E-state index contributed by atoms with van der Waals surface area (Å²) in [5, 5.41) is 2.03. The molecule has 2 saturated heterocycles. The molecule has 2 unspecified atom stereocenters. The smallest absolute Gasteiger partial charge is 0.255 e. The number of nitrogen functional groups attached to an aromatic ring is 1. The Kier molecular flexibility index (Phi) is 3.80. The van der Waals surface area contributed by atoms with Gasteiger partial charge in [-0.15, -0.1) is 0 Å². The number of carbonyl (C=O) groups excluding carboxylic acids is 1. The first-order valence-electron chi connectivity index (χ1n) is 9.57. The normalized spacial score (nSPS) is 28.6. The van der Waals surface area contributed by atoms with Crippen molar-refractivity contribution in [3.05, 3.63) is 39.9 Å². The summed E-state index contributed by atoms with van der Waals surface area (Å²) >= 11 is 3.54. The highest BCUT2D eigenvalue weighted by atomic mass is 79.9. The van der Waals surface area contributed by atoms with E-state index in [1.54, 1.807) is 0 Å². The molecule has 2 N–H and O–H groups in total. The van der Waals surface area contributed by atoms with Crippen LogP contribution in [0.1, 0.15) is 48.0 Å². The summed E-state index contributed by atoms with van der Waals surface area (Å²) in [5.74, 6) is 0.169. The van der Waals surface area contributed by atoms with Crippen LogP contribution in [0.25, 0.3) is 10.8 Å². The van der Waals surface area contributed by atoms with Crippen LogP contribution in [0.3, 0.4) is 0 Å². The Morgan fingerprint density at radius 1 is 1.15 bits per heavy atom. The summed E-state index contributed by atoms with van der Waals surface area (Å²) in [5.41, 5.74) is 9.00. The standard InChI is InChI=1S/C21H24BrN3O/c1-24-13-5-3-6-14(24)9-15(8-13)25-11-12-4-2-7-16-19(12)17(21(25)26)10-18(22)20(16)23/h2,4,7,10,13-15H,3,5-6,8-9,11,23H2,1H3. The minimum Gasteiger partial charge on any atom is -0.397 e. The molecule has 2 bridgehead atoms. The predicted octanol–water partition coefficient (Wildman–Crippen LogP) is 4.16. The van der Waals surface area contributed by atoms with E-state index in [2.05, 4.69) is 44.9 Å². The first-order valence-corrected chi connectivity index (χ1v) is 10.4. The van der Waals surface area contributed by atoms with Crippen molar-refractivity contribution < 1.29 is 4.79 Å². The largest absolute Gasteiger partial charge is 0.397 e. The highest BCUT2D eigenvalue weighted by Gasteiger charge is 2.41. The number of piperidine rings is 2. The molecular formula is C21H24BrN3O. The molecule has 3 heterocycles. The van der Waals surface area contributed by atoms with Gasteiger partial charge in [0, 0.05) is 45.5 Å². The fourth-order valence-electron chi connectivity index (χ4n) is 5.39. The van der Waals surface area contributed by atoms with Crippen LogP contribution in [0, 0.1) is 0 Å². The second kappa shape index (κ2) is 5.96. The van der Waals surface area contributed by atoms with Gasteiger partial charge in [0.1, 0.15) is 0 Å². The molecular weight excluding hydrogens is 390 g/mol. The third-order valence-corrected chi connectivity index (χ3v) is 7.48. The molecule has 5 rings (SSSR count). The molecule has 0 saturated carbocycles. The lowest BCUT2D eigenvalue weighted by Crippen LogP contribution is -2.56. The molecule has 0 aliphatic carbocycles. The van der Waals surface area contributed by atoms with Crippen molar-refractivity contribution in [3.63, 3.8) is 0 Å². The summed E-state index contributed by atoms with van der Waals surface area (Å²) in [6, 6.07) is 9.73. The molecule has 3 aliphatic rings. The Bertz CT molecular complexity index is 898. The predicted molar refractivity (Wildman–Crippen MR) is 108 cm³/mol. The summed E-state index contributed by atoms with van der Waals surface area (Å²) in [4.78, 5) is 18.1. The molecule has 2 aromatic carbocycles. The van der Waals surface area contributed by atoms with Crippen LogP contribution in [0.5, 0.6) is 0 Å². The van der Waals surface area contributed by atoms with Crippen LogP contribution in [-0.4, -0.2) is 40.9 Å². The maximum atomic E-state index is 13.4. The number of hydrogen-bond donors (Lipinski definition) is 1. The van der Waals surface area contributed by atoms with Gasteiger partial charge in [0.15, 0.2) is 0 Å². The Morgan fingerprint density at radius 3 is 2.62 bits per heavy atom. The highest BCUT2D eigenvalue weighted by molar-refractivity contribution is 9.10. The summed E-state index contributed by atoms with van der Waals surface area (Å²) in [7, 11) is 2.26. The SMILES string of the molecule is CN1C2CCCC1CC(N1Cc3cccc4c(N)c(Br)cc(c34)C1=O)C2. The first kappa shape index (κ1) is 16.6. The van der Waals surface area contributed by atoms with E-state index < -0.39 is 0 Å². The van der Waals surface area contributed by atoms with Crippen molar-refractivity contribution in [3.8, 4) is 0 Å². The topological polar surface area (TPSA) is 49.6 Å². The maximum Gasteiger partial charge on any atom is 0.255 e. The van der Waals surface area contributed by atoms with E-state index in [0.717, 1.165) is 39.3 Å². The molecule has 5 heteroatoms. The zero-order valence-electron chi connectivity index (χ0n) is 15.0. The fraction of sp³-hybridized carbons (Fsp3) is 0.476. The summed E-state index contributed by atoms with van der Waals surface area (Å²) in [6.07, 6.45) is 6.05. The molecule has 0 spiro atoms. The lowest BCUT2D eigenvalue weighted by molar-refractivity contribution is 0.00749. The molecule has 0 radical (unpaired) electrons. The molecule has 2 fully saturated rings. The Hall–Kier alpha value is -1.59. The van der Waals surface area contributed by atoms with E-state index in [4.69, 9.17) is 5.73 Å². The lowest BCUT2D eigenvalue weighted by Gasteiger charge is -2.50. The van der Waals surface area contributed by atoms with Gasteiger partial charge in [0.05, 0.1) is 5.69 Å². The molecule has 2 aromatic rings.